The fraction of sp³-hybridized carbons (Fsp3) is 0.727. The molecule has 0 bridgehead atoms. The number of rotatable bonds is 3. The second-order valence-corrected chi connectivity index (χ2v) is 3.93. The molecule has 2 rings (SSSR count). The molecule has 0 saturated carbocycles. The zero-order chi connectivity index (χ0) is 10.7. The molecule has 4 nitrogen and oxygen atoms in total. The molecule has 4 heteroatoms. The predicted octanol–water partition coefficient (Wildman–Crippen LogP) is 1.40. The lowest BCUT2D eigenvalue weighted by molar-refractivity contribution is -0.147. The summed E-state index contributed by atoms with van der Waals surface area (Å²) in [5.74, 6) is -0.559. The van der Waals surface area contributed by atoms with Crippen LogP contribution in [-0.2, 0) is 19.0 Å². The molecule has 1 spiro atoms. The molecule has 2 aliphatic rings. The highest BCUT2D eigenvalue weighted by Crippen LogP contribution is 2.38. The third kappa shape index (κ3) is 2.38. The topological polar surface area (TPSA) is 44.8 Å². The molecule has 1 aliphatic carbocycles. The summed E-state index contributed by atoms with van der Waals surface area (Å²) >= 11 is 0. The van der Waals surface area contributed by atoms with E-state index in [-0.39, 0.29) is 5.97 Å². The Balaban J connectivity index is 1.79. The van der Waals surface area contributed by atoms with Crippen molar-refractivity contribution in [1.29, 1.82) is 0 Å². The molecular weight excluding hydrogens is 196 g/mol. The molecule has 1 aliphatic heterocycles. The van der Waals surface area contributed by atoms with E-state index < -0.39 is 5.79 Å². The van der Waals surface area contributed by atoms with Crippen LogP contribution in [0.5, 0.6) is 0 Å². The Morgan fingerprint density at radius 1 is 1.53 bits per heavy atom. The second kappa shape index (κ2) is 4.33. The summed E-state index contributed by atoms with van der Waals surface area (Å²) in [6.07, 6.45) is 4.92. The number of ether oxygens (including phenoxy) is 3. The van der Waals surface area contributed by atoms with E-state index in [1.807, 2.05) is 0 Å². The molecule has 0 atom stereocenters. The van der Waals surface area contributed by atoms with Gasteiger partial charge in [0.15, 0.2) is 5.79 Å². The Bertz CT molecular complexity index is 276. The molecule has 0 aromatic rings. The van der Waals surface area contributed by atoms with Crippen molar-refractivity contribution in [1.82, 2.24) is 0 Å². The molecule has 1 saturated heterocycles. The molecule has 0 amide bonds. The lowest BCUT2D eigenvalue weighted by atomic mass is 10.1. The van der Waals surface area contributed by atoms with Gasteiger partial charge in [-0.15, -0.1) is 0 Å². The molecule has 0 unspecified atom stereocenters. The molecule has 0 aromatic heterocycles. The number of carbonyl (C=O) groups is 1. The number of carbonyl (C=O) groups excluding carboxylic acids is 1. The molecule has 15 heavy (non-hydrogen) atoms. The van der Waals surface area contributed by atoms with Crippen LogP contribution in [0.4, 0.5) is 0 Å². The van der Waals surface area contributed by atoms with Crippen LogP contribution in [0.2, 0.25) is 0 Å². The quantitative estimate of drug-likeness (QED) is 0.524. The fourth-order valence-electron chi connectivity index (χ4n) is 2.06. The van der Waals surface area contributed by atoms with Crippen molar-refractivity contribution >= 4 is 5.97 Å². The van der Waals surface area contributed by atoms with Gasteiger partial charge in [-0.1, -0.05) is 11.6 Å². The Kier molecular flexibility index (Phi) is 3.07. The van der Waals surface area contributed by atoms with Crippen molar-refractivity contribution in [3.63, 3.8) is 0 Å². The summed E-state index contributed by atoms with van der Waals surface area (Å²) in [6, 6.07) is 0. The van der Waals surface area contributed by atoms with E-state index in [0.29, 0.717) is 19.6 Å². The van der Waals surface area contributed by atoms with Crippen molar-refractivity contribution in [2.45, 2.75) is 31.5 Å². The Labute approximate surface area is 89.2 Å². The van der Waals surface area contributed by atoms with Crippen molar-refractivity contribution < 1.29 is 19.0 Å². The van der Waals surface area contributed by atoms with Gasteiger partial charge in [-0.25, -0.2) is 0 Å². The van der Waals surface area contributed by atoms with Crippen molar-refractivity contribution in [3.8, 4) is 0 Å². The van der Waals surface area contributed by atoms with E-state index >= 15 is 0 Å². The lowest BCUT2D eigenvalue weighted by Crippen LogP contribution is -2.26. The van der Waals surface area contributed by atoms with E-state index in [2.05, 4.69) is 10.8 Å². The maximum absolute atomic E-state index is 11.0. The molecular formula is C11H16O4. The summed E-state index contributed by atoms with van der Waals surface area (Å²) in [5.41, 5.74) is 1.24. The van der Waals surface area contributed by atoms with Gasteiger partial charge >= 0.3 is 5.97 Å². The molecule has 84 valence electrons. The largest absolute Gasteiger partial charge is 0.469 e. The summed E-state index contributed by atoms with van der Waals surface area (Å²) in [4.78, 5) is 11.0. The highest BCUT2D eigenvalue weighted by Gasteiger charge is 2.39. The number of hydrogen-bond acceptors (Lipinski definition) is 4. The fourth-order valence-corrected chi connectivity index (χ4v) is 2.06. The van der Waals surface area contributed by atoms with Gasteiger partial charge in [0, 0.05) is 19.3 Å². The summed E-state index contributed by atoms with van der Waals surface area (Å²) in [6.45, 7) is 1.36. The second-order valence-electron chi connectivity index (χ2n) is 3.93. The highest BCUT2D eigenvalue weighted by atomic mass is 16.7. The van der Waals surface area contributed by atoms with Crippen molar-refractivity contribution in [2.75, 3.05) is 20.3 Å². The first-order valence-corrected chi connectivity index (χ1v) is 5.27. The zero-order valence-electron chi connectivity index (χ0n) is 8.95. The van der Waals surface area contributed by atoms with Crippen LogP contribution in [0.1, 0.15) is 25.7 Å². The zero-order valence-corrected chi connectivity index (χ0v) is 8.95. The first kappa shape index (κ1) is 10.6. The Hall–Kier alpha value is -0.870. The number of methoxy groups -OCH3 is 1. The van der Waals surface area contributed by atoms with Gasteiger partial charge in [-0.3, -0.25) is 4.79 Å². The monoisotopic (exact) mass is 212 g/mol. The summed E-state index contributed by atoms with van der Waals surface area (Å²) in [7, 11) is 1.41. The maximum Gasteiger partial charge on any atom is 0.305 e. The van der Waals surface area contributed by atoms with Gasteiger partial charge in [0.2, 0.25) is 0 Å². The Morgan fingerprint density at radius 2 is 2.27 bits per heavy atom. The van der Waals surface area contributed by atoms with E-state index in [4.69, 9.17) is 9.47 Å². The molecule has 0 aromatic carbocycles. The van der Waals surface area contributed by atoms with Gasteiger partial charge in [0.05, 0.1) is 20.3 Å². The summed E-state index contributed by atoms with van der Waals surface area (Å²) < 4.78 is 15.7. The van der Waals surface area contributed by atoms with E-state index in [0.717, 1.165) is 19.3 Å². The van der Waals surface area contributed by atoms with Crippen LogP contribution in [0.3, 0.4) is 0 Å². The molecule has 0 N–H and O–H groups in total. The number of esters is 1. The minimum Gasteiger partial charge on any atom is -0.469 e. The van der Waals surface area contributed by atoms with Gasteiger partial charge in [0.25, 0.3) is 0 Å². The van der Waals surface area contributed by atoms with Crippen LogP contribution >= 0.6 is 0 Å². The van der Waals surface area contributed by atoms with Crippen molar-refractivity contribution in [2.24, 2.45) is 0 Å². The average molecular weight is 212 g/mol. The van der Waals surface area contributed by atoms with Crippen LogP contribution in [0.15, 0.2) is 11.6 Å². The smallest absolute Gasteiger partial charge is 0.305 e. The molecule has 1 heterocycles. The minimum atomic E-state index is -0.397. The Morgan fingerprint density at radius 3 is 2.93 bits per heavy atom. The molecule has 0 radical (unpaired) electrons. The minimum absolute atomic E-state index is 0.162. The van der Waals surface area contributed by atoms with Crippen LogP contribution in [0, 0.1) is 0 Å². The highest BCUT2D eigenvalue weighted by molar-refractivity contribution is 5.69. The van der Waals surface area contributed by atoms with Crippen LogP contribution in [-0.4, -0.2) is 32.1 Å². The summed E-state index contributed by atoms with van der Waals surface area (Å²) in [5, 5.41) is 0. The van der Waals surface area contributed by atoms with Gasteiger partial charge in [0.1, 0.15) is 0 Å². The van der Waals surface area contributed by atoms with E-state index in [9.17, 15) is 4.79 Å². The normalized spacial score (nSPS) is 23.1. The van der Waals surface area contributed by atoms with Crippen LogP contribution < -0.4 is 0 Å². The van der Waals surface area contributed by atoms with Crippen LogP contribution in [0.25, 0.3) is 0 Å². The predicted molar refractivity (Wildman–Crippen MR) is 53.2 cm³/mol. The van der Waals surface area contributed by atoms with Gasteiger partial charge in [-0.05, 0) is 6.42 Å². The first-order chi connectivity index (χ1) is 7.24. The standard InChI is InChI=1S/C11H16O4/c1-13-10(12)3-2-9-4-5-11(8-9)14-6-7-15-11/h4H,2-3,5-8H2,1H3. The first-order valence-electron chi connectivity index (χ1n) is 5.27. The number of hydrogen-bond donors (Lipinski definition) is 0. The van der Waals surface area contributed by atoms with Gasteiger partial charge < -0.3 is 14.2 Å². The van der Waals surface area contributed by atoms with E-state index in [1.165, 1.54) is 12.7 Å². The van der Waals surface area contributed by atoms with Gasteiger partial charge in [-0.2, -0.15) is 0 Å². The van der Waals surface area contributed by atoms with Crippen molar-refractivity contribution in [3.05, 3.63) is 11.6 Å². The average Bonchev–Trinajstić information content (AvgIpc) is 2.86. The maximum atomic E-state index is 11.0. The van der Waals surface area contributed by atoms with E-state index in [1.54, 1.807) is 0 Å². The molecule has 1 fully saturated rings. The third-order valence-corrected chi connectivity index (χ3v) is 2.89. The lowest BCUT2D eigenvalue weighted by Gasteiger charge is -2.21. The third-order valence-electron chi connectivity index (χ3n) is 2.89. The SMILES string of the molecule is COC(=O)CCC1=CCC2(C1)OCCO2.